The molecule has 3 saturated heterocycles. The van der Waals surface area contributed by atoms with Crippen molar-refractivity contribution in [3.05, 3.63) is 85.5 Å². The molecule has 1 aromatic heterocycles. The monoisotopic (exact) mass is 790 g/mol. The Labute approximate surface area is 317 Å². The van der Waals surface area contributed by atoms with E-state index in [0.717, 1.165) is 23.9 Å². The predicted molar refractivity (Wildman–Crippen MR) is 200 cm³/mol. The molecule has 3 aromatic rings. The van der Waals surface area contributed by atoms with E-state index >= 15 is 0 Å². The highest BCUT2D eigenvalue weighted by Gasteiger charge is 2.76. The van der Waals surface area contributed by atoms with Crippen molar-refractivity contribution >= 4 is 50.7 Å². The second kappa shape index (κ2) is 17.2. The second-order valence-corrected chi connectivity index (χ2v) is 15.1. The first-order valence-corrected chi connectivity index (χ1v) is 19.2. The van der Waals surface area contributed by atoms with Crippen molar-refractivity contribution < 1.29 is 33.8 Å². The normalized spacial score (nSPS) is 24.9. The van der Waals surface area contributed by atoms with E-state index < -0.39 is 47.5 Å². The van der Waals surface area contributed by atoms with Crippen LogP contribution in [-0.4, -0.2) is 102 Å². The number of halogens is 1. The minimum absolute atomic E-state index is 0.0660. The molecule has 4 heterocycles. The van der Waals surface area contributed by atoms with Crippen molar-refractivity contribution in [1.82, 2.24) is 30.1 Å². The highest BCUT2D eigenvalue weighted by Crippen LogP contribution is 2.60. The Balaban J connectivity index is 1.30. The lowest BCUT2D eigenvalue weighted by Crippen LogP contribution is -2.57. The van der Waals surface area contributed by atoms with E-state index in [0.29, 0.717) is 31.2 Å². The maximum atomic E-state index is 14.9. The van der Waals surface area contributed by atoms with Gasteiger partial charge >= 0.3 is 5.97 Å². The molecular weight excluding hydrogens is 744 g/mol. The van der Waals surface area contributed by atoms with Crippen molar-refractivity contribution in [2.24, 2.45) is 11.8 Å². The highest BCUT2D eigenvalue weighted by atomic mass is 79.9. The molecule has 2 bridgehead atoms. The zero-order chi connectivity index (χ0) is 37.5. The van der Waals surface area contributed by atoms with E-state index in [2.05, 4.69) is 44.7 Å². The number of alkyl halides is 1. The number of carbonyl (C=O) groups excluding carboxylic acids is 4. The first-order valence-electron chi connectivity index (χ1n) is 18.3. The van der Waals surface area contributed by atoms with E-state index in [1.54, 1.807) is 26.6 Å². The fraction of sp³-hybridized carbons (Fsp3) is 0.487. The number of ether oxygens (including phenoxy) is 2. The molecule has 1 unspecified atom stereocenters. The Morgan fingerprint density at radius 3 is 2.60 bits per heavy atom. The Morgan fingerprint density at radius 2 is 1.85 bits per heavy atom. The standard InChI is InChI=1S/C39H47BrN6O7/c1-3-5-19-31(48)52-24-29(26-15-9-8-10-16-26)41-36(49)32-33-37(50)45(21-13-6-7-14-22-47)35(39(33)23-27(40)34(32)53-39)38(51)44(20-4-2)25-46-30-18-12-11-17-28(30)42-43-46/h3-4,8-12,15-18,27,29,32-35,47H,1-2,5-7,13-14,19-25H2,(H,41,49)/t27?,29-,32-,33+,34-,35-,39+/m1/s1. The average molecular weight is 792 g/mol. The summed E-state index contributed by atoms with van der Waals surface area (Å²) >= 11 is 3.76. The quantitative estimate of drug-likeness (QED) is 0.0792. The second-order valence-electron chi connectivity index (χ2n) is 13.9. The molecule has 3 fully saturated rings. The lowest BCUT2D eigenvalue weighted by atomic mass is 9.70. The lowest BCUT2D eigenvalue weighted by molar-refractivity contribution is -0.149. The summed E-state index contributed by atoms with van der Waals surface area (Å²) < 4.78 is 14.0. The van der Waals surface area contributed by atoms with Gasteiger partial charge in [0, 0.05) is 30.9 Å². The third kappa shape index (κ3) is 7.81. The first-order chi connectivity index (χ1) is 25.7. The molecule has 7 atom stereocenters. The fourth-order valence-electron chi connectivity index (χ4n) is 8.07. The zero-order valence-corrected chi connectivity index (χ0v) is 31.3. The maximum Gasteiger partial charge on any atom is 0.306 e. The Bertz CT molecular complexity index is 1800. The van der Waals surface area contributed by atoms with E-state index in [9.17, 15) is 24.3 Å². The van der Waals surface area contributed by atoms with Crippen LogP contribution >= 0.6 is 15.9 Å². The molecular formula is C39H47BrN6O7. The van der Waals surface area contributed by atoms with Crippen LogP contribution in [0, 0.1) is 11.8 Å². The molecule has 2 N–H and O–H groups in total. The molecule has 282 valence electrons. The summed E-state index contributed by atoms with van der Waals surface area (Å²) in [7, 11) is 0. The summed E-state index contributed by atoms with van der Waals surface area (Å²) in [5.74, 6) is -3.28. The van der Waals surface area contributed by atoms with Crippen molar-refractivity contribution in [3.63, 3.8) is 0 Å². The van der Waals surface area contributed by atoms with Gasteiger partial charge in [0.25, 0.3) is 0 Å². The highest BCUT2D eigenvalue weighted by molar-refractivity contribution is 9.09. The van der Waals surface area contributed by atoms with Crippen molar-refractivity contribution in [2.45, 2.75) is 80.2 Å². The Morgan fingerprint density at radius 1 is 1.09 bits per heavy atom. The molecule has 13 nitrogen and oxygen atoms in total. The van der Waals surface area contributed by atoms with Gasteiger partial charge in [0.1, 0.15) is 30.4 Å². The number of benzene rings is 2. The number of para-hydroxylation sites is 1. The topological polar surface area (TPSA) is 156 Å². The summed E-state index contributed by atoms with van der Waals surface area (Å²) in [6.45, 7) is 8.07. The number of aliphatic hydroxyl groups excluding tert-OH is 1. The molecule has 0 saturated carbocycles. The van der Waals surface area contributed by atoms with Gasteiger partial charge < -0.3 is 29.7 Å². The van der Waals surface area contributed by atoms with Crippen LogP contribution in [0.4, 0.5) is 0 Å². The Kier molecular flexibility index (Phi) is 12.4. The number of aliphatic hydroxyl groups is 1. The van der Waals surface area contributed by atoms with Gasteiger partial charge in [-0.05, 0) is 43.4 Å². The molecule has 53 heavy (non-hydrogen) atoms. The van der Waals surface area contributed by atoms with Gasteiger partial charge in [-0.15, -0.1) is 18.3 Å². The summed E-state index contributed by atoms with van der Waals surface area (Å²) in [6, 6.07) is 15.0. The van der Waals surface area contributed by atoms with Crippen LogP contribution in [-0.2, 0) is 35.3 Å². The van der Waals surface area contributed by atoms with E-state index in [-0.39, 0.29) is 56.0 Å². The Hall–Kier alpha value is -4.40. The number of nitrogens with one attached hydrogen (secondary N) is 1. The number of esters is 1. The number of unbranched alkanes of at least 4 members (excludes halogenated alkanes) is 3. The molecule has 6 rings (SSSR count). The van der Waals surface area contributed by atoms with Crippen LogP contribution in [0.2, 0.25) is 0 Å². The third-order valence-electron chi connectivity index (χ3n) is 10.5. The minimum Gasteiger partial charge on any atom is -0.463 e. The number of hydrogen-bond acceptors (Lipinski definition) is 9. The largest absolute Gasteiger partial charge is 0.463 e. The van der Waals surface area contributed by atoms with Gasteiger partial charge in [0.2, 0.25) is 17.7 Å². The maximum absolute atomic E-state index is 14.9. The summed E-state index contributed by atoms with van der Waals surface area (Å²) in [5, 5.41) is 20.9. The number of hydrogen-bond donors (Lipinski definition) is 2. The summed E-state index contributed by atoms with van der Waals surface area (Å²) in [5.41, 5.74) is 0.904. The number of fused-ring (bicyclic) bond motifs is 2. The van der Waals surface area contributed by atoms with Crippen molar-refractivity contribution in [1.29, 1.82) is 0 Å². The van der Waals surface area contributed by atoms with E-state index in [1.807, 2.05) is 54.6 Å². The number of nitrogens with zero attached hydrogens (tertiary/aromatic N) is 5. The van der Waals surface area contributed by atoms with Crippen LogP contribution in [0.1, 0.15) is 56.6 Å². The number of allylic oxidation sites excluding steroid dienone is 1. The van der Waals surface area contributed by atoms with Crippen LogP contribution < -0.4 is 5.32 Å². The predicted octanol–water partition coefficient (Wildman–Crippen LogP) is 4.07. The number of rotatable bonds is 19. The molecule has 0 radical (unpaired) electrons. The smallest absolute Gasteiger partial charge is 0.306 e. The first kappa shape index (κ1) is 38.3. The van der Waals surface area contributed by atoms with Gasteiger partial charge in [0.15, 0.2) is 0 Å². The number of amides is 3. The molecule has 14 heteroatoms. The van der Waals surface area contributed by atoms with Crippen molar-refractivity contribution in [3.8, 4) is 0 Å². The fourth-order valence-corrected chi connectivity index (χ4v) is 9.01. The third-order valence-corrected chi connectivity index (χ3v) is 11.3. The van der Waals surface area contributed by atoms with E-state index in [4.69, 9.17) is 9.47 Å². The number of likely N-dealkylation sites (tertiary alicyclic amines) is 1. The van der Waals surface area contributed by atoms with Gasteiger partial charge in [-0.2, -0.15) is 0 Å². The molecule has 0 aliphatic carbocycles. The lowest BCUT2D eigenvalue weighted by Gasteiger charge is -2.37. The van der Waals surface area contributed by atoms with Crippen LogP contribution in [0.3, 0.4) is 0 Å². The summed E-state index contributed by atoms with van der Waals surface area (Å²) in [6.07, 6.45) is 6.38. The summed E-state index contributed by atoms with van der Waals surface area (Å²) in [4.78, 5) is 59.4. The van der Waals surface area contributed by atoms with Crippen molar-refractivity contribution in [2.75, 3.05) is 26.3 Å². The molecule has 3 amide bonds. The molecule has 2 aromatic carbocycles. The van der Waals surface area contributed by atoms with E-state index in [1.165, 1.54) is 0 Å². The zero-order valence-electron chi connectivity index (χ0n) is 29.7. The number of carbonyl (C=O) groups is 4. The molecule has 3 aliphatic rings. The van der Waals surface area contributed by atoms with Crippen LogP contribution in [0.25, 0.3) is 11.0 Å². The van der Waals surface area contributed by atoms with Gasteiger partial charge in [0.05, 0.1) is 29.5 Å². The average Bonchev–Trinajstić information content (AvgIpc) is 3.89. The minimum atomic E-state index is -1.27. The molecule has 3 aliphatic heterocycles. The van der Waals surface area contributed by atoms with Crippen LogP contribution in [0.15, 0.2) is 79.9 Å². The van der Waals surface area contributed by atoms with Gasteiger partial charge in [-0.1, -0.05) is 88.6 Å². The number of aromatic nitrogens is 3. The van der Waals surface area contributed by atoms with Gasteiger partial charge in [-0.25, -0.2) is 4.68 Å². The van der Waals surface area contributed by atoms with Crippen LogP contribution in [0.5, 0.6) is 0 Å². The molecule has 1 spiro atoms. The van der Waals surface area contributed by atoms with Gasteiger partial charge in [-0.3, -0.25) is 19.2 Å². The SMILES string of the molecule is C=CCCC(=O)OC[C@@H](NC(=O)[C@H]1[C@@H]2O[C@@]3(CC2Br)[C@@H]1C(=O)N(CCCCCCO)[C@@H]3C(=O)N(CC=C)Cn1nnc2ccccc21)c1ccccc1.